The fraction of sp³-hybridized carbons (Fsp3) is 0.300. The zero-order valence-corrected chi connectivity index (χ0v) is 10.7. The number of nitrogens with one attached hydrogen (secondary N) is 1. The predicted octanol–water partition coefficient (Wildman–Crippen LogP) is 1.13. The Morgan fingerprint density at radius 3 is 2.41 bits per heavy atom. The Hall–Kier alpha value is -1.11. The molecular weight excluding hydrogens is 266 g/mol. The summed E-state index contributed by atoms with van der Waals surface area (Å²) in [7, 11) is -2.10. The standard InChI is InChI=1S/C10H12ClNO4S/c1-16-8-2-4-9(5-3-8)17(14,15)12-7-6-10(11)13/h2-5,12H,6-7H2,1H3. The van der Waals surface area contributed by atoms with Gasteiger partial charge in [0.2, 0.25) is 15.3 Å². The highest BCUT2D eigenvalue weighted by atomic mass is 35.5. The molecule has 0 aliphatic rings. The van der Waals surface area contributed by atoms with E-state index in [0.717, 1.165) is 0 Å². The van der Waals surface area contributed by atoms with Crippen molar-refractivity contribution in [3.8, 4) is 5.75 Å². The van der Waals surface area contributed by atoms with Gasteiger partial charge in [0.25, 0.3) is 0 Å². The Bertz CT molecular complexity index is 484. The molecule has 94 valence electrons. The topological polar surface area (TPSA) is 72.5 Å². The molecule has 0 aromatic heterocycles. The second-order valence-corrected chi connectivity index (χ2v) is 5.37. The Labute approximate surface area is 105 Å². The summed E-state index contributed by atoms with van der Waals surface area (Å²) >= 11 is 5.10. The van der Waals surface area contributed by atoms with Gasteiger partial charge in [-0.3, -0.25) is 4.79 Å². The molecule has 0 saturated carbocycles. The summed E-state index contributed by atoms with van der Waals surface area (Å²) in [6.45, 7) is -0.0172. The van der Waals surface area contributed by atoms with Gasteiger partial charge >= 0.3 is 0 Å². The molecule has 0 amide bonds. The van der Waals surface area contributed by atoms with Gasteiger partial charge in [0, 0.05) is 13.0 Å². The number of sulfonamides is 1. The molecule has 5 nitrogen and oxygen atoms in total. The third-order valence-corrected chi connectivity index (χ3v) is 3.65. The van der Waals surface area contributed by atoms with Crippen molar-refractivity contribution in [2.24, 2.45) is 0 Å². The maximum Gasteiger partial charge on any atom is 0.240 e. The van der Waals surface area contributed by atoms with E-state index in [1.165, 1.54) is 19.2 Å². The smallest absolute Gasteiger partial charge is 0.240 e. The van der Waals surface area contributed by atoms with Gasteiger partial charge in [0.1, 0.15) is 5.75 Å². The molecule has 1 aromatic carbocycles. The monoisotopic (exact) mass is 277 g/mol. The zero-order valence-electron chi connectivity index (χ0n) is 9.14. The maximum absolute atomic E-state index is 11.7. The van der Waals surface area contributed by atoms with Gasteiger partial charge in [-0.25, -0.2) is 13.1 Å². The number of halogens is 1. The van der Waals surface area contributed by atoms with Crippen LogP contribution in [0.1, 0.15) is 6.42 Å². The molecule has 0 saturated heterocycles. The van der Waals surface area contributed by atoms with Gasteiger partial charge in [0.05, 0.1) is 12.0 Å². The van der Waals surface area contributed by atoms with Gasteiger partial charge in [0.15, 0.2) is 0 Å². The summed E-state index contributed by atoms with van der Waals surface area (Å²) in [5.74, 6) is 0.569. The van der Waals surface area contributed by atoms with E-state index in [1.807, 2.05) is 0 Å². The minimum atomic E-state index is -3.60. The highest BCUT2D eigenvalue weighted by Gasteiger charge is 2.13. The van der Waals surface area contributed by atoms with Crippen molar-refractivity contribution in [3.63, 3.8) is 0 Å². The molecule has 1 rings (SSSR count). The first-order valence-corrected chi connectivity index (χ1v) is 6.64. The second-order valence-electron chi connectivity index (χ2n) is 3.18. The molecule has 1 N–H and O–H groups in total. The summed E-state index contributed by atoms with van der Waals surface area (Å²) in [5, 5.41) is -0.581. The number of ether oxygens (including phenoxy) is 1. The maximum atomic E-state index is 11.7. The van der Waals surface area contributed by atoms with Crippen LogP contribution >= 0.6 is 11.6 Å². The SMILES string of the molecule is COc1ccc(S(=O)(=O)NCCC(=O)Cl)cc1. The molecule has 0 spiro atoms. The van der Waals surface area contributed by atoms with Gasteiger partial charge in [-0.1, -0.05) is 0 Å². The summed E-state index contributed by atoms with van der Waals surface area (Å²) in [5.41, 5.74) is 0. The fourth-order valence-corrected chi connectivity index (χ4v) is 2.25. The first-order valence-electron chi connectivity index (χ1n) is 4.78. The molecule has 0 heterocycles. The number of carbonyl (C=O) groups excluding carboxylic acids is 1. The minimum absolute atomic E-state index is 0.0172. The lowest BCUT2D eigenvalue weighted by Crippen LogP contribution is -2.25. The second kappa shape index (κ2) is 6.00. The highest BCUT2D eigenvalue weighted by molar-refractivity contribution is 7.89. The molecule has 0 atom stereocenters. The van der Waals surface area contributed by atoms with Crippen molar-refractivity contribution in [2.45, 2.75) is 11.3 Å². The van der Waals surface area contributed by atoms with Crippen LogP contribution in [0.5, 0.6) is 5.75 Å². The highest BCUT2D eigenvalue weighted by Crippen LogP contribution is 2.15. The zero-order chi connectivity index (χ0) is 12.9. The first kappa shape index (κ1) is 14.0. The lowest BCUT2D eigenvalue weighted by atomic mass is 10.3. The minimum Gasteiger partial charge on any atom is -0.497 e. The quantitative estimate of drug-likeness (QED) is 0.791. The number of carbonyl (C=O) groups is 1. The van der Waals surface area contributed by atoms with Crippen molar-refractivity contribution in [1.82, 2.24) is 4.72 Å². The molecular formula is C10H12ClNO4S. The van der Waals surface area contributed by atoms with Crippen LogP contribution in [0.4, 0.5) is 0 Å². The van der Waals surface area contributed by atoms with Gasteiger partial charge in [-0.05, 0) is 35.9 Å². The average Bonchev–Trinajstić information content (AvgIpc) is 2.28. The molecule has 17 heavy (non-hydrogen) atoms. The van der Waals surface area contributed by atoms with Crippen LogP contribution in [0.2, 0.25) is 0 Å². The summed E-state index contributed by atoms with van der Waals surface area (Å²) in [6.07, 6.45) is -0.0447. The molecule has 0 radical (unpaired) electrons. The Balaban J connectivity index is 2.72. The van der Waals surface area contributed by atoms with Crippen molar-refractivity contribution in [3.05, 3.63) is 24.3 Å². The van der Waals surface area contributed by atoms with Crippen molar-refractivity contribution >= 4 is 26.9 Å². The molecule has 0 aliphatic heterocycles. The van der Waals surface area contributed by atoms with Crippen molar-refractivity contribution in [2.75, 3.05) is 13.7 Å². The Morgan fingerprint density at radius 1 is 1.35 bits per heavy atom. The van der Waals surface area contributed by atoms with E-state index in [-0.39, 0.29) is 17.9 Å². The van der Waals surface area contributed by atoms with Crippen LogP contribution in [-0.2, 0) is 14.8 Å². The third kappa shape index (κ3) is 4.33. The largest absolute Gasteiger partial charge is 0.497 e. The average molecular weight is 278 g/mol. The van der Waals surface area contributed by atoms with Crippen LogP contribution in [-0.4, -0.2) is 27.3 Å². The molecule has 7 heteroatoms. The molecule has 1 aromatic rings. The normalized spacial score (nSPS) is 11.2. The Kier molecular flexibility index (Phi) is 4.92. The van der Waals surface area contributed by atoms with Gasteiger partial charge in [-0.2, -0.15) is 0 Å². The Morgan fingerprint density at radius 2 is 1.94 bits per heavy atom. The summed E-state index contributed by atoms with van der Waals surface area (Å²) < 4.78 is 30.6. The summed E-state index contributed by atoms with van der Waals surface area (Å²) in [6, 6.07) is 5.93. The lowest BCUT2D eigenvalue weighted by Gasteiger charge is -2.06. The number of methoxy groups -OCH3 is 1. The van der Waals surface area contributed by atoms with E-state index < -0.39 is 15.3 Å². The molecule has 0 fully saturated rings. The number of rotatable bonds is 6. The molecule has 0 aliphatic carbocycles. The van der Waals surface area contributed by atoms with Crippen LogP contribution in [0.15, 0.2) is 29.2 Å². The molecule has 0 unspecified atom stereocenters. The number of benzene rings is 1. The van der Waals surface area contributed by atoms with Crippen LogP contribution in [0.25, 0.3) is 0 Å². The van der Waals surface area contributed by atoms with Crippen LogP contribution < -0.4 is 9.46 Å². The first-order chi connectivity index (χ1) is 7.95. The van der Waals surface area contributed by atoms with E-state index >= 15 is 0 Å². The predicted molar refractivity (Wildman–Crippen MR) is 63.7 cm³/mol. The van der Waals surface area contributed by atoms with Gasteiger partial charge < -0.3 is 4.74 Å². The van der Waals surface area contributed by atoms with E-state index in [9.17, 15) is 13.2 Å². The van der Waals surface area contributed by atoms with E-state index in [0.29, 0.717) is 5.75 Å². The van der Waals surface area contributed by atoms with E-state index in [1.54, 1.807) is 12.1 Å². The van der Waals surface area contributed by atoms with Crippen molar-refractivity contribution in [1.29, 1.82) is 0 Å². The van der Waals surface area contributed by atoms with E-state index in [4.69, 9.17) is 16.3 Å². The number of hydrogen-bond donors (Lipinski definition) is 1. The molecule has 0 bridgehead atoms. The van der Waals surface area contributed by atoms with Crippen LogP contribution in [0.3, 0.4) is 0 Å². The summed E-state index contributed by atoms with van der Waals surface area (Å²) in [4.78, 5) is 10.6. The van der Waals surface area contributed by atoms with Crippen molar-refractivity contribution < 1.29 is 17.9 Å². The van der Waals surface area contributed by atoms with Gasteiger partial charge in [-0.15, -0.1) is 0 Å². The lowest BCUT2D eigenvalue weighted by molar-refractivity contribution is -0.111. The third-order valence-electron chi connectivity index (χ3n) is 1.98. The van der Waals surface area contributed by atoms with E-state index in [2.05, 4.69) is 4.72 Å². The van der Waals surface area contributed by atoms with Crippen LogP contribution in [0, 0.1) is 0 Å². The number of hydrogen-bond acceptors (Lipinski definition) is 4. The fourth-order valence-electron chi connectivity index (χ4n) is 1.12.